The van der Waals surface area contributed by atoms with Crippen LogP contribution in [0.5, 0.6) is 0 Å². The van der Waals surface area contributed by atoms with Crippen LogP contribution in [0, 0.1) is 5.92 Å². The third kappa shape index (κ3) is 5.54. The summed E-state index contributed by atoms with van der Waals surface area (Å²) in [7, 11) is 0. The van der Waals surface area contributed by atoms with Crippen LogP contribution >= 0.6 is 23.2 Å². The van der Waals surface area contributed by atoms with Gasteiger partial charge in [-0.05, 0) is 54.4 Å². The lowest BCUT2D eigenvalue weighted by atomic mass is 9.92. The van der Waals surface area contributed by atoms with Gasteiger partial charge in [-0.3, -0.25) is 14.4 Å². The molecule has 11 heteroatoms. The monoisotopic (exact) mass is 526 g/mol. The van der Waals surface area contributed by atoms with Gasteiger partial charge in [-0.15, -0.1) is 5.10 Å². The summed E-state index contributed by atoms with van der Waals surface area (Å²) in [6, 6.07) is 17.4. The number of carbonyl (C=O) groups excluding carboxylic acids is 1. The Morgan fingerprint density at radius 1 is 1.00 bits per heavy atom. The summed E-state index contributed by atoms with van der Waals surface area (Å²) < 4.78 is 1.09. The number of halogens is 2. The molecule has 0 saturated carbocycles. The number of aromatic nitrogens is 3. The summed E-state index contributed by atoms with van der Waals surface area (Å²) >= 11 is 11.8. The lowest BCUT2D eigenvalue weighted by molar-refractivity contribution is -0.146. The molecule has 1 aromatic heterocycles. The molecule has 3 N–H and O–H groups in total. The third-order valence-electron chi connectivity index (χ3n) is 5.67. The fourth-order valence-electron chi connectivity index (χ4n) is 3.68. The summed E-state index contributed by atoms with van der Waals surface area (Å²) in [6.45, 7) is -0.0392. The van der Waals surface area contributed by atoms with E-state index in [4.69, 9.17) is 23.2 Å². The smallest absolute Gasteiger partial charge is 0.309 e. The predicted molar refractivity (Wildman–Crippen MR) is 135 cm³/mol. The van der Waals surface area contributed by atoms with Crippen LogP contribution in [-0.4, -0.2) is 37.1 Å². The lowest BCUT2D eigenvalue weighted by Crippen LogP contribution is -2.29. The molecule has 0 radical (unpaired) electrons. The van der Waals surface area contributed by atoms with Gasteiger partial charge < -0.3 is 15.5 Å². The molecule has 1 amide bonds. The molecule has 9 nitrogen and oxygen atoms in total. The van der Waals surface area contributed by atoms with E-state index in [1.54, 1.807) is 36.4 Å². The largest absolute Gasteiger partial charge is 0.481 e. The van der Waals surface area contributed by atoms with Crippen LogP contribution in [0.4, 0.5) is 5.69 Å². The van der Waals surface area contributed by atoms with Gasteiger partial charge in [-0.2, -0.15) is 0 Å². The maximum Gasteiger partial charge on any atom is 0.309 e. The number of rotatable bonds is 8. The minimum Gasteiger partial charge on any atom is -0.481 e. The highest BCUT2D eigenvalue weighted by atomic mass is 35.5. The first-order chi connectivity index (χ1) is 17.2. The Labute approximate surface area is 214 Å². The SMILES string of the molecule is O=C(Nc1ccc(C(O)[C@H](CCn2nnc3ccccc3c2=O)C(=O)O)cc1)c1ccc(Cl)c(Cl)c1. The first kappa shape index (κ1) is 25.3. The second kappa shape index (κ2) is 10.9. The van der Waals surface area contributed by atoms with Gasteiger partial charge >= 0.3 is 5.97 Å². The molecule has 0 spiro atoms. The van der Waals surface area contributed by atoms with Crippen molar-refractivity contribution in [2.75, 3.05) is 5.32 Å². The van der Waals surface area contributed by atoms with Gasteiger partial charge in [0.15, 0.2) is 0 Å². The molecule has 0 aliphatic heterocycles. The Morgan fingerprint density at radius 2 is 1.72 bits per heavy atom. The number of carboxylic acids is 1. The Hall–Kier alpha value is -3.79. The predicted octanol–water partition coefficient (Wildman–Crippen LogP) is 4.18. The highest BCUT2D eigenvalue weighted by Gasteiger charge is 2.28. The quantitative estimate of drug-likeness (QED) is 0.313. The van der Waals surface area contributed by atoms with E-state index in [0.717, 1.165) is 4.68 Å². The Bertz CT molecular complexity index is 1490. The van der Waals surface area contributed by atoms with Crippen LogP contribution in [0.1, 0.15) is 28.4 Å². The van der Waals surface area contributed by atoms with Crippen molar-refractivity contribution >= 4 is 51.7 Å². The molecule has 1 unspecified atom stereocenters. The van der Waals surface area contributed by atoms with Crippen molar-refractivity contribution in [2.24, 2.45) is 5.92 Å². The maximum absolute atomic E-state index is 12.6. The first-order valence-corrected chi connectivity index (χ1v) is 11.6. The number of aryl methyl sites for hydroxylation is 1. The zero-order valence-corrected chi connectivity index (χ0v) is 20.1. The second-order valence-electron chi connectivity index (χ2n) is 8.02. The number of aliphatic carboxylic acids is 1. The number of amides is 1. The topological polar surface area (TPSA) is 134 Å². The number of carbonyl (C=O) groups is 2. The number of hydrogen-bond acceptors (Lipinski definition) is 6. The zero-order valence-electron chi connectivity index (χ0n) is 18.6. The van der Waals surface area contributed by atoms with E-state index < -0.39 is 23.9 Å². The highest BCUT2D eigenvalue weighted by molar-refractivity contribution is 6.42. The van der Waals surface area contributed by atoms with Crippen molar-refractivity contribution in [1.82, 2.24) is 15.0 Å². The molecule has 3 aromatic carbocycles. The van der Waals surface area contributed by atoms with E-state index >= 15 is 0 Å². The summed E-state index contributed by atoms with van der Waals surface area (Å²) in [5, 5.41) is 32.0. The van der Waals surface area contributed by atoms with Gasteiger partial charge in [0.25, 0.3) is 11.5 Å². The maximum atomic E-state index is 12.6. The summed E-state index contributed by atoms with van der Waals surface area (Å²) in [4.78, 5) is 37.0. The van der Waals surface area contributed by atoms with Gasteiger partial charge in [0.2, 0.25) is 0 Å². The Kier molecular flexibility index (Phi) is 7.64. The molecule has 0 aliphatic rings. The molecular formula is C25H20Cl2N4O5. The van der Waals surface area contributed by atoms with Crippen LogP contribution in [0.25, 0.3) is 10.9 Å². The summed E-state index contributed by atoms with van der Waals surface area (Å²) in [6.07, 6.45) is -1.41. The number of anilines is 1. The van der Waals surface area contributed by atoms with Gasteiger partial charge in [0.1, 0.15) is 5.52 Å². The number of nitrogens with zero attached hydrogens (tertiary/aromatic N) is 3. The molecule has 0 saturated heterocycles. The number of nitrogens with one attached hydrogen (secondary N) is 1. The number of carboxylic acid groups (broad SMARTS) is 1. The van der Waals surface area contributed by atoms with E-state index in [-0.39, 0.29) is 23.5 Å². The number of fused-ring (bicyclic) bond motifs is 1. The molecule has 0 aliphatic carbocycles. The van der Waals surface area contributed by atoms with Gasteiger partial charge in [-0.1, -0.05) is 52.7 Å². The standard InChI is InChI=1S/C25H20Cl2N4O5/c26-19-10-7-15(13-20(19)27)23(33)28-16-8-5-14(6-9-16)22(32)18(25(35)36)11-12-31-24(34)17-3-1-2-4-21(17)29-30-31/h1-10,13,18,22,32H,11-12H2,(H,28,33)(H,35,36)/t18-,22?/m0/s1. The van der Waals surface area contributed by atoms with Crippen molar-refractivity contribution in [3.63, 3.8) is 0 Å². The molecule has 4 aromatic rings. The Balaban J connectivity index is 1.44. The van der Waals surface area contributed by atoms with Crippen molar-refractivity contribution in [2.45, 2.75) is 19.1 Å². The normalized spacial score (nSPS) is 12.8. The molecule has 0 bridgehead atoms. The van der Waals surface area contributed by atoms with Crippen LogP contribution in [0.2, 0.25) is 10.0 Å². The molecule has 36 heavy (non-hydrogen) atoms. The van der Waals surface area contributed by atoms with Crippen molar-refractivity contribution < 1.29 is 19.8 Å². The van der Waals surface area contributed by atoms with E-state index in [0.29, 0.717) is 32.7 Å². The van der Waals surface area contributed by atoms with Crippen LogP contribution in [0.15, 0.2) is 71.5 Å². The van der Waals surface area contributed by atoms with Gasteiger partial charge in [0, 0.05) is 17.8 Å². The van der Waals surface area contributed by atoms with E-state index in [1.807, 2.05) is 0 Å². The van der Waals surface area contributed by atoms with Gasteiger partial charge in [0.05, 0.1) is 27.5 Å². The lowest BCUT2D eigenvalue weighted by Gasteiger charge is -2.20. The van der Waals surface area contributed by atoms with Gasteiger partial charge in [-0.25, -0.2) is 4.68 Å². The van der Waals surface area contributed by atoms with Crippen LogP contribution in [-0.2, 0) is 11.3 Å². The zero-order chi connectivity index (χ0) is 25.8. The molecule has 184 valence electrons. The average molecular weight is 527 g/mol. The van der Waals surface area contributed by atoms with E-state index in [2.05, 4.69) is 15.6 Å². The number of aliphatic hydroxyl groups is 1. The molecular weight excluding hydrogens is 507 g/mol. The summed E-state index contributed by atoms with van der Waals surface area (Å²) in [5.41, 5.74) is 1.14. The van der Waals surface area contributed by atoms with E-state index in [9.17, 15) is 24.6 Å². The molecule has 1 heterocycles. The third-order valence-corrected chi connectivity index (χ3v) is 6.41. The fourth-order valence-corrected chi connectivity index (χ4v) is 3.98. The number of aliphatic hydroxyl groups excluding tert-OH is 1. The Morgan fingerprint density at radius 3 is 2.42 bits per heavy atom. The first-order valence-electron chi connectivity index (χ1n) is 10.8. The second-order valence-corrected chi connectivity index (χ2v) is 8.83. The van der Waals surface area contributed by atoms with Crippen molar-refractivity contribution in [3.05, 3.63) is 98.3 Å². The fraction of sp³-hybridized carbons (Fsp3) is 0.160. The number of benzene rings is 3. The molecule has 2 atom stereocenters. The summed E-state index contributed by atoms with van der Waals surface area (Å²) in [5.74, 6) is -2.84. The van der Waals surface area contributed by atoms with Crippen molar-refractivity contribution in [3.8, 4) is 0 Å². The minimum absolute atomic E-state index is 0.0392. The van der Waals surface area contributed by atoms with Crippen LogP contribution < -0.4 is 10.9 Å². The number of hydrogen-bond donors (Lipinski definition) is 3. The average Bonchev–Trinajstić information content (AvgIpc) is 2.87. The minimum atomic E-state index is -1.36. The van der Waals surface area contributed by atoms with Crippen molar-refractivity contribution in [1.29, 1.82) is 0 Å². The molecule has 4 rings (SSSR count). The van der Waals surface area contributed by atoms with Crippen LogP contribution in [0.3, 0.4) is 0 Å². The van der Waals surface area contributed by atoms with E-state index in [1.165, 1.54) is 30.3 Å². The molecule has 0 fully saturated rings. The highest BCUT2D eigenvalue weighted by Crippen LogP contribution is 2.27.